The van der Waals surface area contributed by atoms with Gasteiger partial charge in [-0.05, 0) is 36.4 Å². The van der Waals surface area contributed by atoms with Crippen LogP contribution in [0.1, 0.15) is 16.7 Å². The lowest BCUT2D eigenvalue weighted by Gasteiger charge is -2.11. The Morgan fingerprint density at radius 2 is 1.59 bits per heavy atom. The van der Waals surface area contributed by atoms with E-state index in [0.29, 0.717) is 10.1 Å². The number of nitrogens with one attached hydrogen (secondary N) is 1. The maximum atomic E-state index is 14.7. The number of fused-ring (bicyclic) bond motifs is 1. The molecule has 0 aliphatic carbocycles. The lowest BCUT2D eigenvalue weighted by atomic mass is 10.1. The van der Waals surface area contributed by atoms with Gasteiger partial charge in [0.05, 0.1) is 17.4 Å². The lowest BCUT2D eigenvalue weighted by Crippen LogP contribution is -2.36. The quantitative estimate of drug-likeness (QED) is 0.355. The number of rotatable bonds is 5. The molecule has 5 nitrogen and oxygen atoms in total. The van der Waals surface area contributed by atoms with Gasteiger partial charge in [-0.25, -0.2) is 22.4 Å². The van der Waals surface area contributed by atoms with E-state index in [1.165, 1.54) is 18.2 Å². The second kappa shape index (κ2) is 9.67. The summed E-state index contributed by atoms with van der Waals surface area (Å²) in [5.74, 6) is 3.40. The molecule has 0 unspecified atom stereocenters. The Morgan fingerprint density at radius 1 is 0.912 bits per heavy atom. The zero-order valence-corrected chi connectivity index (χ0v) is 17.4. The van der Waals surface area contributed by atoms with Crippen molar-refractivity contribution in [3.8, 4) is 17.6 Å². The van der Waals surface area contributed by atoms with Crippen LogP contribution < -0.4 is 16.0 Å². The van der Waals surface area contributed by atoms with Crippen molar-refractivity contribution in [2.45, 2.75) is 13.0 Å². The highest BCUT2D eigenvalue weighted by Gasteiger charge is 2.17. The summed E-state index contributed by atoms with van der Waals surface area (Å²) >= 11 is 0. The van der Waals surface area contributed by atoms with Gasteiger partial charge in [-0.2, -0.15) is 0 Å². The van der Waals surface area contributed by atoms with Crippen LogP contribution in [-0.4, -0.2) is 22.6 Å². The highest BCUT2D eigenvalue weighted by atomic mass is 19.3. The fraction of sp³-hybridized carbons (Fsp3) is 0.120. The van der Waals surface area contributed by atoms with Crippen LogP contribution in [0.3, 0.4) is 0 Å². The topological polar surface area (TPSA) is 64.1 Å². The third-order valence-electron chi connectivity index (χ3n) is 4.93. The Kier molecular flexibility index (Phi) is 6.50. The second-order valence-corrected chi connectivity index (χ2v) is 7.24. The molecule has 34 heavy (non-hydrogen) atoms. The molecule has 0 saturated heterocycles. The Labute approximate surface area is 190 Å². The fourth-order valence-corrected chi connectivity index (χ4v) is 3.32. The first-order valence-corrected chi connectivity index (χ1v) is 10.1. The normalized spacial score (nSPS) is 10.9. The van der Waals surface area contributed by atoms with Crippen LogP contribution in [0.2, 0.25) is 0 Å². The fourth-order valence-electron chi connectivity index (χ4n) is 3.32. The standard InChI is InChI=1S/C25H16F4N2O3/c26-19-11-16(10-9-15-5-2-1-3-6-15)12-20(27)18(19)13-31-24(32)17-7-4-8-21(34-14-22(28)29)23(17)30-25(31)33/h1-8,11-12,22H,13-14H2,(H,30,33). The third kappa shape index (κ3) is 4.86. The van der Waals surface area contributed by atoms with E-state index in [1.54, 1.807) is 24.3 Å². The Bertz CT molecular complexity index is 1510. The van der Waals surface area contributed by atoms with E-state index >= 15 is 0 Å². The number of hydrogen-bond acceptors (Lipinski definition) is 3. The van der Waals surface area contributed by atoms with Crippen LogP contribution in [0, 0.1) is 23.5 Å². The molecule has 1 N–H and O–H groups in total. The van der Waals surface area contributed by atoms with Crippen molar-refractivity contribution in [1.82, 2.24) is 9.55 Å². The number of alkyl halides is 2. The first-order valence-electron chi connectivity index (χ1n) is 10.1. The van der Waals surface area contributed by atoms with Gasteiger partial charge >= 0.3 is 5.69 Å². The summed E-state index contributed by atoms with van der Waals surface area (Å²) < 4.78 is 60.0. The average molecular weight is 468 g/mol. The molecule has 0 aliphatic heterocycles. The van der Waals surface area contributed by atoms with Gasteiger partial charge in [0.2, 0.25) is 0 Å². The summed E-state index contributed by atoms with van der Waals surface area (Å²) in [6.07, 6.45) is -2.76. The van der Waals surface area contributed by atoms with Crippen molar-refractivity contribution in [2.75, 3.05) is 6.61 Å². The minimum atomic E-state index is -2.76. The molecule has 0 radical (unpaired) electrons. The minimum Gasteiger partial charge on any atom is -0.485 e. The first-order chi connectivity index (χ1) is 16.3. The zero-order valence-electron chi connectivity index (χ0n) is 17.4. The molecule has 0 bridgehead atoms. The maximum Gasteiger partial charge on any atom is 0.329 e. The van der Waals surface area contributed by atoms with Gasteiger partial charge in [-0.1, -0.05) is 36.1 Å². The zero-order chi connectivity index (χ0) is 24.2. The van der Waals surface area contributed by atoms with Crippen molar-refractivity contribution in [3.05, 3.63) is 110 Å². The smallest absolute Gasteiger partial charge is 0.329 e. The summed E-state index contributed by atoms with van der Waals surface area (Å²) in [5.41, 5.74) is -1.66. The molecule has 0 amide bonds. The van der Waals surface area contributed by atoms with Gasteiger partial charge in [0.25, 0.3) is 12.0 Å². The number of halogens is 4. The number of para-hydroxylation sites is 1. The molecule has 172 valence electrons. The highest BCUT2D eigenvalue weighted by molar-refractivity contribution is 5.83. The predicted molar refractivity (Wildman–Crippen MR) is 118 cm³/mol. The Balaban J connectivity index is 1.69. The van der Waals surface area contributed by atoms with Crippen LogP contribution in [0.4, 0.5) is 17.6 Å². The van der Waals surface area contributed by atoms with Gasteiger partial charge < -0.3 is 9.72 Å². The van der Waals surface area contributed by atoms with E-state index < -0.39 is 48.0 Å². The van der Waals surface area contributed by atoms with Crippen molar-refractivity contribution in [3.63, 3.8) is 0 Å². The van der Waals surface area contributed by atoms with Gasteiger partial charge in [0.15, 0.2) is 0 Å². The summed E-state index contributed by atoms with van der Waals surface area (Å²) in [6, 6.07) is 14.9. The number of benzene rings is 3. The Morgan fingerprint density at radius 3 is 2.26 bits per heavy atom. The van der Waals surface area contributed by atoms with E-state index in [4.69, 9.17) is 4.74 Å². The number of nitrogens with zero attached hydrogens (tertiary/aromatic N) is 1. The number of aromatic nitrogens is 2. The summed E-state index contributed by atoms with van der Waals surface area (Å²) in [6.45, 7) is -1.61. The molecule has 4 rings (SSSR count). The van der Waals surface area contributed by atoms with Crippen molar-refractivity contribution < 1.29 is 22.3 Å². The molecule has 3 aromatic carbocycles. The van der Waals surface area contributed by atoms with E-state index in [0.717, 1.165) is 12.1 Å². The molecule has 1 aromatic heterocycles. The SMILES string of the molecule is O=c1[nH]c2c(OCC(F)F)cccc2c(=O)n1Cc1c(F)cc(C#Cc2ccccc2)cc1F. The molecule has 1 heterocycles. The number of H-pyrrole nitrogens is 1. The molecular weight excluding hydrogens is 452 g/mol. The number of hydrogen-bond donors (Lipinski definition) is 1. The lowest BCUT2D eigenvalue weighted by molar-refractivity contribution is 0.0825. The van der Waals surface area contributed by atoms with Crippen LogP contribution in [-0.2, 0) is 6.54 Å². The van der Waals surface area contributed by atoms with Crippen molar-refractivity contribution >= 4 is 10.9 Å². The van der Waals surface area contributed by atoms with Crippen molar-refractivity contribution in [1.29, 1.82) is 0 Å². The van der Waals surface area contributed by atoms with Gasteiger partial charge in [0.1, 0.15) is 24.0 Å². The van der Waals surface area contributed by atoms with E-state index in [9.17, 15) is 27.2 Å². The molecule has 0 aliphatic rings. The first kappa shape index (κ1) is 22.9. The van der Waals surface area contributed by atoms with Crippen LogP contribution in [0.15, 0.2) is 70.3 Å². The number of aromatic amines is 1. The average Bonchev–Trinajstić information content (AvgIpc) is 2.81. The molecular formula is C25H16F4N2O3. The highest BCUT2D eigenvalue weighted by Crippen LogP contribution is 2.21. The van der Waals surface area contributed by atoms with Gasteiger partial charge in [-0.15, -0.1) is 0 Å². The molecule has 0 spiro atoms. The van der Waals surface area contributed by atoms with Crippen LogP contribution >= 0.6 is 0 Å². The van der Waals surface area contributed by atoms with E-state index in [-0.39, 0.29) is 22.2 Å². The van der Waals surface area contributed by atoms with Crippen LogP contribution in [0.25, 0.3) is 10.9 Å². The predicted octanol–water partition coefficient (Wildman–Crippen LogP) is 4.06. The minimum absolute atomic E-state index is 0.0578. The summed E-state index contributed by atoms with van der Waals surface area (Å²) in [5, 5.41) is -0.0578. The molecule has 0 atom stereocenters. The molecule has 0 saturated carbocycles. The van der Waals surface area contributed by atoms with Crippen molar-refractivity contribution in [2.24, 2.45) is 0 Å². The second-order valence-electron chi connectivity index (χ2n) is 7.24. The van der Waals surface area contributed by atoms with E-state index in [2.05, 4.69) is 16.8 Å². The summed E-state index contributed by atoms with van der Waals surface area (Å²) in [7, 11) is 0. The summed E-state index contributed by atoms with van der Waals surface area (Å²) in [4.78, 5) is 27.8. The van der Waals surface area contributed by atoms with E-state index in [1.807, 2.05) is 6.07 Å². The van der Waals surface area contributed by atoms with Crippen LogP contribution in [0.5, 0.6) is 5.75 Å². The van der Waals surface area contributed by atoms with Gasteiger partial charge in [-0.3, -0.25) is 9.36 Å². The third-order valence-corrected chi connectivity index (χ3v) is 4.93. The molecule has 4 aromatic rings. The largest absolute Gasteiger partial charge is 0.485 e. The van der Waals surface area contributed by atoms with Gasteiger partial charge in [0, 0.05) is 16.7 Å². The monoisotopic (exact) mass is 468 g/mol. The molecule has 9 heteroatoms. The molecule has 0 fully saturated rings. The number of ether oxygens (including phenoxy) is 1. The maximum absolute atomic E-state index is 14.7. The Hall–Kier alpha value is -4.32.